The number of benzene rings is 2. The van der Waals surface area contributed by atoms with Crippen LogP contribution in [-0.2, 0) is 15.7 Å². The summed E-state index contributed by atoms with van der Waals surface area (Å²) in [5, 5.41) is 0. The molecule has 0 aliphatic rings. The number of methoxy groups -OCH3 is 1. The normalized spacial score (nSPS) is 12.4. The Morgan fingerprint density at radius 3 is 2.41 bits per heavy atom. The van der Waals surface area contributed by atoms with Crippen LogP contribution in [0.15, 0.2) is 36.4 Å². The molecule has 0 saturated carbocycles. The van der Waals surface area contributed by atoms with Gasteiger partial charge in [-0.2, -0.15) is 13.2 Å². The fourth-order valence-corrected chi connectivity index (χ4v) is 2.82. The highest BCUT2D eigenvalue weighted by Gasteiger charge is 2.37. The SMILES string of the molecule is CCOC(=O)C(C)c1cc(-c2ccccc2C=O)c(OC)cc1C(F)(F)F. The lowest BCUT2D eigenvalue weighted by molar-refractivity contribution is -0.145. The highest BCUT2D eigenvalue weighted by atomic mass is 19.4. The van der Waals surface area contributed by atoms with Crippen molar-refractivity contribution in [3.05, 3.63) is 53.1 Å². The maximum Gasteiger partial charge on any atom is 0.416 e. The quantitative estimate of drug-likeness (QED) is 0.531. The van der Waals surface area contributed by atoms with Gasteiger partial charge in [0, 0.05) is 11.1 Å². The molecule has 0 fully saturated rings. The molecule has 0 spiro atoms. The van der Waals surface area contributed by atoms with Gasteiger partial charge in [0.2, 0.25) is 0 Å². The molecule has 4 nitrogen and oxygen atoms in total. The third kappa shape index (κ3) is 4.30. The largest absolute Gasteiger partial charge is 0.496 e. The first-order valence-corrected chi connectivity index (χ1v) is 8.24. The van der Waals surface area contributed by atoms with E-state index in [0.717, 1.165) is 6.07 Å². The van der Waals surface area contributed by atoms with Crippen molar-refractivity contribution in [2.75, 3.05) is 13.7 Å². The van der Waals surface area contributed by atoms with Crippen molar-refractivity contribution in [3.63, 3.8) is 0 Å². The van der Waals surface area contributed by atoms with Gasteiger partial charge in [-0.05, 0) is 37.1 Å². The molecule has 0 bridgehead atoms. The number of hydrogen-bond donors (Lipinski definition) is 0. The van der Waals surface area contributed by atoms with Crippen molar-refractivity contribution in [2.24, 2.45) is 0 Å². The van der Waals surface area contributed by atoms with Gasteiger partial charge in [-0.25, -0.2) is 0 Å². The molecule has 0 aliphatic heterocycles. The molecular weight excluding hydrogens is 361 g/mol. The first kappa shape index (κ1) is 20.5. The first-order chi connectivity index (χ1) is 12.7. The predicted molar refractivity (Wildman–Crippen MR) is 93.9 cm³/mol. The van der Waals surface area contributed by atoms with Gasteiger partial charge in [-0.3, -0.25) is 9.59 Å². The summed E-state index contributed by atoms with van der Waals surface area (Å²) in [7, 11) is 1.25. The average Bonchev–Trinajstić information content (AvgIpc) is 2.65. The highest BCUT2D eigenvalue weighted by molar-refractivity contribution is 5.90. The van der Waals surface area contributed by atoms with E-state index in [4.69, 9.17) is 9.47 Å². The lowest BCUT2D eigenvalue weighted by Gasteiger charge is -2.21. The number of alkyl halides is 3. The molecule has 0 amide bonds. The number of rotatable bonds is 6. The van der Waals surface area contributed by atoms with E-state index in [2.05, 4.69) is 0 Å². The second kappa shape index (κ2) is 8.24. The Morgan fingerprint density at radius 2 is 1.85 bits per heavy atom. The summed E-state index contributed by atoms with van der Waals surface area (Å²) in [6.07, 6.45) is -4.08. The minimum Gasteiger partial charge on any atom is -0.496 e. The number of aldehydes is 1. The molecule has 0 saturated heterocycles. The van der Waals surface area contributed by atoms with E-state index in [9.17, 15) is 22.8 Å². The van der Waals surface area contributed by atoms with Crippen LogP contribution in [0.3, 0.4) is 0 Å². The van der Waals surface area contributed by atoms with Crippen molar-refractivity contribution in [2.45, 2.75) is 25.9 Å². The van der Waals surface area contributed by atoms with Crippen molar-refractivity contribution in [3.8, 4) is 16.9 Å². The lowest BCUT2D eigenvalue weighted by atomic mass is 9.89. The minimum absolute atomic E-state index is 0.0450. The van der Waals surface area contributed by atoms with Crippen LogP contribution in [-0.4, -0.2) is 26.0 Å². The molecule has 2 aromatic carbocycles. The fourth-order valence-electron chi connectivity index (χ4n) is 2.82. The zero-order valence-corrected chi connectivity index (χ0v) is 15.1. The molecule has 1 unspecified atom stereocenters. The molecule has 27 heavy (non-hydrogen) atoms. The molecule has 2 aromatic rings. The lowest BCUT2D eigenvalue weighted by Crippen LogP contribution is -2.18. The highest BCUT2D eigenvalue weighted by Crippen LogP contribution is 2.43. The molecule has 144 valence electrons. The molecule has 0 aliphatic carbocycles. The van der Waals surface area contributed by atoms with E-state index < -0.39 is 23.6 Å². The monoisotopic (exact) mass is 380 g/mol. The summed E-state index contributed by atoms with van der Waals surface area (Å²) in [5.41, 5.74) is -0.218. The fraction of sp³-hybridized carbons (Fsp3) is 0.300. The van der Waals surface area contributed by atoms with Crippen LogP contribution >= 0.6 is 0 Å². The van der Waals surface area contributed by atoms with Crippen molar-refractivity contribution in [1.82, 2.24) is 0 Å². The zero-order valence-electron chi connectivity index (χ0n) is 15.1. The maximum atomic E-state index is 13.6. The smallest absolute Gasteiger partial charge is 0.416 e. The van der Waals surface area contributed by atoms with Gasteiger partial charge in [-0.15, -0.1) is 0 Å². The topological polar surface area (TPSA) is 52.6 Å². The number of carbonyl (C=O) groups is 2. The van der Waals surface area contributed by atoms with Crippen LogP contribution in [0.4, 0.5) is 13.2 Å². The molecule has 7 heteroatoms. The number of esters is 1. The number of hydrogen-bond acceptors (Lipinski definition) is 4. The third-order valence-corrected chi connectivity index (χ3v) is 4.16. The second-order valence-corrected chi connectivity index (χ2v) is 5.82. The van der Waals surface area contributed by atoms with Crippen LogP contribution in [0.1, 0.15) is 41.3 Å². The van der Waals surface area contributed by atoms with Gasteiger partial charge >= 0.3 is 12.1 Å². The van der Waals surface area contributed by atoms with E-state index in [0.29, 0.717) is 23.0 Å². The average molecular weight is 380 g/mol. The Bertz CT molecular complexity index is 844. The number of halogens is 3. The standard InChI is InChI=1S/C20H19F3O4/c1-4-27-19(25)12(2)15-9-16(14-8-6-5-7-13(14)11-24)18(26-3)10-17(15)20(21,22)23/h5-12H,4H2,1-3H3. The third-order valence-electron chi connectivity index (χ3n) is 4.16. The minimum atomic E-state index is -4.69. The van der Waals surface area contributed by atoms with Gasteiger partial charge in [0.25, 0.3) is 0 Å². The molecular formula is C20H19F3O4. The van der Waals surface area contributed by atoms with Gasteiger partial charge in [0.15, 0.2) is 6.29 Å². The van der Waals surface area contributed by atoms with Crippen molar-refractivity contribution < 1.29 is 32.2 Å². The van der Waals surface area contributed by atoms with Crippen molar-refractivity contribution >= 4 is 12.3 Å². The number of ether oxygens (including phenoxy) is 2. The van der Waals surface area contributed by atoms with E-state index in [-0.39, 0.29) is 17.9 Å². The Balaban J connectivity index is 2.77. The van der Waals surface area contributed by atoms with E-state index in [1.807, 2.05) is 0 Å². The molecule has 0 N–H and O–H groups in total. The Labute approximate surface area is 154 Å². The summed E-state index contributed by atoms with van der Waals surface area (Å²) in [4.78, 5) is 23.4. The zero-order chi connectivity index (χ0) is 20.2. The van der Waals surface area contributed by atoms with Gasteiger partial charge < -0.3 is 9.47 Å². The van der Waals surface area contributed by atoms with Crippen LogP contribution in [0, 0.1) is 0 Å². The van der Waals surface area contributed by atoms with Crippen LogP contribution in [0.25, 0.3) is 11.1 Å². The Kier molecular flexibility index (Phi) is 6.25. The van der Waals surface area contributed by atoms with Crippen LogP contribution < -0.4 is 4.74 Å². The summed E-state index contributed by atoms with van der Waals surface area (Å²) in [6.45, 7) is 2.99. The van der Waals surface area contributed by atoms with Gasteiger partial charge in [-0.1, -0.05) is 24.3 Å². The van der Waals surface area contributed by atoms with Gasteiger partial charge in [0.1, 0.15) is 5.75 Å². The van der Waals surface area contributed by atoms with E-state index >= 15 is 0 Å². The van der Waals surface area contributed by atoms with Crippen LogP contribution in [0.5, 0.6) is 5.75 Å². The van der Waals surface area contributed by atoms with E-state index in [1.54, 1.807) is 31.2 Å². The summed E-state index contributed by atoms with van der Waals surface area (Å²) in [6, 6.07) is 8.55. The Hall–Kier alpha value is -2.83. The maximum absolute atomic E-state index is 13.6. The van der Waals surface area contributed by atoms with E-state index in [1.165, 1.54) is 20.1 Å². The predicted octanol–water partition coefficient (Wildman–Crippen LogP) is 4.86. The van der Waals surface area contributed by atoms with Crippen molar-refractivity contribution in [1.29, 1.82) is 0 Å². The molecule has 2 rings (SSSR count). The molecule has 0 aromatic heterocycles. The summed E-state index contributed by atoms with van der Waals surface area (Å²) >= 11 is 0. The van der Waals surface area contributed by atoms with Crippen LogP contribution in [0.2, 0.25) is 0 Å². The van der Waals surface area contributed by atoms with Gasteiger partial charge in [0.05, 0.1) is 25.2 Å². The number of carbonyl (C=O) groups excluding carboxylic acids is 2. The summed E-state index contributed by atoms with van der Waals surface area (Å²) in [5.74, 6) is -1.95. The molecule has 1 atom stereocenters. The molecule has 0 heterocycles. The second-order valence-electron chi connectivity index (χ2n) is 5.82. The Morgan fingerprint density at radius 1 is 1.19 bits per heavy atom. The summed E-state index contributed by atoms with van der Waals surface area (Å²) < 4.78 is 50.8. The molecule has 0 radical (unpaired) electrons. The first-order valence-electron chi connectivity index (χ1n) is 8.24.